The molecule has 0 aromatic rings. The fourth-order valence-corrected chi connectivity index (χ4v) is 1.19. The lowest BCUT2D eigenvalue weighted by molar-refractivity contribution is 0.216. The summed E-state index contributed by atoms with van der Waals surface area (Å²) in [7, 11) is -0.289. The van der Waals surface area contributed by atoms with E-state index >= 15 is 0 Å². The van der Waals surface area contributed by atoms with Crippen LogP contribution in [0.1, 0.15) is 45.4 Å². The van der Waals surface area contributed by atoms with Crippen LogP contribution in [-0.4, -0.2) is 6.54 Å². The number of hydrogen-bond acceptors (Lipinski definition) is 3. The van der Waals surface area contributed by atoms with Gasteiger partial charge in [0, 0.05) is 6.54 Å². The van der Waals surface area contributed by atoms with Gasteiger partial charge in [-0.3, -0.25) is 0 Å². The molecule has 0 bridgehead atoms. The van der Waals surface area contributed by atoms with Gasteiger partial charge < -0.3 is 0 Å². The van der Waals surface area contributed by atoms with Crippen molar-refractivity contribution in [1.82, 2.24) is 5.48 Å². The summed E-state index contributed by atoms with van der Waals surface area (Å²) < 4.78 is 14.2. The molecular weight excluding hydrogens is 173 g/mol. The quantitative estimate of drug-likeness (QED) is 0.346. The van der Waals surface area contributed by atoms with Crippen molar-refractivity contribution in [2.75, 3.05) is 6.54 Å². The topological polar surface area (TPSA) is 38.3 Å². The van der Waals surface area contributed by atoms with E-state index < -0.39 is 0 Å². The number of hydrogen-bond donors (Lipinski definition) is 1. The smallest absolute Gasteiger partial charge is 0.239 e. The van der Waals surface area contributed by atoms with Crippen LogP contribution in [0.4, 0.5) is 0 Å². The fraction of sp³-hybridized carbons (Fsp3) is 1.00. The van der Waals surface area contributed by atoms with Crippen molar-refractivity contribution in [3.8, 4) is 0 Å². The summed E-state index contributed by atoms with van der Waals surface area (Å²) in [6.45, 7) is 3.00. The summed E-state index contributed by atoms with van der Waals surface area (Å²) in [5.41, 5.74) is 2.60. The van der Waals surface area contributed by atoms with E-state index in [9.17, 15) is 4.57 Å². The maximum atomic E-state index is 9.79. The predicted octanol–water partition coefficient (Wildman–Crippen LogP) is 3.07. The molecule has 12 heavy (non-hydrogen) atoms. The van der Waals surface area contributed by atoms with Crippen molar-refractivity contribution in [1.29, 1.82) is 0 Å². The molecular formula is C8H18NO2P. The highest BCUT2D eigenvalue weighted by molar-refractivity contribution is 7.17. The largest absolute Gasteiger partial charge is 0.346 e. The predicted molar refractivity (Wildman–Crippen MR) is 50.1 cm³/mol. The molecule has 0 aliphatic carbocycles. The van der Waals surface area contributed by atoms with Crippen LogP contribution in [0.15, 0.2) is 0 Å². The van der Waals surface area contributed by atoms with Crippen LogP contribution in [0, 0.1) is 0 Å². The van der Waals surface area contributed by atoms with E-state index in [1.165, 1.54) is 32.1 Å². The molecule has 0 radical (unpaired) electrons. The van der Waals surface area contributed by atoms with Gasteiger partial charge >= 0.3 is 8.69 Å². The summed E-state index contributed by atoms with van der Waals surface area (Å²) in [6, 6.07) is 0. The van der Waals surface area contributed by atoms with Gasteiger partial charge in [0.1, 0.15) is 0 Å². The van der Waals surface area contributed by atoms with Gasteiger partial charge in [-0.1, -0.05) is 39.0 Å². The first kappa shape index (κ1) is 12.0. The minimum absolute atomic E-state index is 0.289. The Hall–Kier alpha value is 0.0200. The van der Waals surface area contributed by atoms with E-state index in [-0.39, 0.29) is 8.69 Å². The van der Waals surface area contributed by atoms with Crippen molar-refractivity contribution >= 4 is 8.69 Å². The Balaban J connectivity index is 2.77. The molecule has 0 amide bonds. The molecule has 0 aliphatic heterocycles. The number of unbranched alkanes of at least 4 members (excludes halogenated alkanes) is 5. The number of hydroxylamine groups is 1. The Morgan fingerprint density at radius 2 is 1.83 bits per heavy atom. The van der Waals surface area contributed by atoms with E-state index in [2.05, 4.69) is 17.0 Å². The zero-order valence-electron chi connectivity index (χ0n) is 7.71. The molecule has 0 aromatic heterocycles. The lowest BCUT2D eigenvalue weighted by Gasteiger charge is -1.99. The van der Waals surface area contributed by atoms with Crippen LogP contribution in [0.3, 0.4) is 0 Å². The third-order valence-electron chi connectivity index (χ3n) is 1.73. The van der Waals surface area contributed by atoms with Crippen molar-refractivity contribution in [2.24, 2.45) is 0 Å². The molecule has 0 rings (SSSR count). The second-order valence-electron chi connectivity index (χ2n) is 2.83. The van der Waals surface area contributed by atoms with Crippen molar-refractivity contribution < 1.29 is 9.19 Å². The summed E-state index contributed by atoms with van der Waals surface area (Å²) >= 11 is 0. The molecule has 4 heteroatoms. The van der Waals surface area contributed by atoms with Crippen molar-refractivity contribution in [3.05, 3.63) is 0 Å². The van der Waals surface area contributed by atoms with Gasteiger partial charge in [0.2, 0.25) is 0 Å². The minimum atomic E-state index is -0.289. The Morgan fingerprint density at radius 3 is 2.50 bits per heavy atom. The standard InChI is InChI=1S/C8H18NO2P/c1-2-3-4-5-6-7-8-9-11-12-10/h9H,2-8H2,1H3. The average molecular weight is 191 g/mol. The normalized spacial score (nSPS) is 10.8. The molecule has 0 saturated heterocycles. The van der Waals surface area contributed by atoms with Crippen LogP contribution in [0.25, 0.3) is 0 Å². The highest BCUT2D eigenvalue weighted by atomic mass is 31.1. The van der Waals surface area contributed by atoms with Crippen LogP contribution >= 0.6 is 8.69 Å². The van der Waals surface area contributed by atoms with Crippen LogP contribution in [0.5, 0.6) is 0 Å². The summed E-state index contributed by atoms with van der Waals surface area (Å²) in [4.78, 5) is 0. The first-order valence-electron chi connectivity index (χ1n) is 4.63. The Kier molecular flexibility index (Phi) is 11.0. The first-order valence-corrected chi connectivity index (χ1v) is 5.36. The third kappa shape index (κ3) is 10.0. The van der Waals surface area contributed by atoms with Gasteiger partial charge in [0.15, 0.2) is 0 Å². The second-order valence-corrected chi connectivity index (χ2v) is 3.16. The van der Waals surface area contributed by atoms with Crippen molar-refractivity contribution in [3.63, 3.8) is 0 Å². The van der Waals surface area contributed by atoms with E-state index in [1.807, 2.05) is 0 Å². The minimum Gasteiger partial charge on any atom is -0.239 e. The van der Waals surface area contributed by atoms with E-state index in [4.69, 9.17) is 0 Å². The monoisotopic (exact) mass is 191 g/mol. The zero-order valence-corrected chi connectivity index (χ0v) is 8.61. The molecule has 0 spiro atoms. The van der Waals surface area contributed by atoms with Crippen LogP contribution in [-0.2, 0) is 9.19 Å². The fourth-order valence-electron chi connectivity index (χ4n) is 1.05. The molecule has 0 saturated carbocycles. The van der Waals surface area contributed by atoms with E-state index in [0.29, 0.717) is 0 Å². The molecule has 1 N–H and O–H groups in total. The first-order chi connectivity index (χ1) is 5.91. The van der Waals surface area contributed by atoms with Gasteiger partial charge in [-0.05, 0) is 6.42 Å². The van der Waals surface area contributed by atoms with Crippen LogP contribution < -0.4 is 5.48 Å². The second kappa shape index (κ2) is 11.0. The number of nitrogens with one attached hydrogen (secondary N) is 1. The molecule has 0 heterocycles. The summed E-state index contributed by atoms with van der Waals surface area (Å²) in [5, 5.41) is 0. The van der Waals surface area contributed by atoms with Gasteiger partial charge in [-0.25, -0.2) is 9.19 Å². The van der Waals surface area contributed by atoms with Crippen LogP contribution in [0.2, 0.25) is 0 Å². The molecule has 0 aromatic carbocycles. The Labute approximate surface area is 76.1 Å². The Bertz CT molecular complexity index is 101. The average Bonchev–Trinajstić information content (AvgIpc) is 2.10. The Morgan fingerprint density at radius 1 is 1.17 bits per heavy atom. The van der Waals surface area contributed by atoms with Crippen molar-refractivity contribution in [2.45, 2.75) is 45.4 Å². The van der Waals surface area contributed by atoms with E-state index in [0.717, 1.165) is 13.0 Å². The van der Waals surface area contributed by atoms with Gasteiger partial charge in [-0.2, -0.15) is 5.48 Å². The molecule has 0 fully saturated rings. The lowest BCUT2D eigenvalue weighted by Crippen LogP contribution is -2.10. The highest BCUT2D eigenvalue weighted by Crippen LogP contribution is 2.04. The lowest BCUT2D eigenvalue weighted by atomic mass is 10.1. The summed E-state index contributed by atoms with van der Waals surface area (Å²) in [6.07, 6.45) is 7.58. The molecule has 0 unspecified atom stereocenters. The van der Waals surface area contributed by atoms with Gasteiger partial charge in [0.25, 0.3) is 0 Å². The molecule has 0 atom stereocenters. The maximum absolute atomic E-state index is 9.79. The SMILES string of the molecule is CCCCCCCCNOP=O. The number of rotatable bonds is 9. The molecule has 72 valence electrons. The molecule has 0 aliphatic rings. The molecule has 3 nitrogen and oxygen atoms in total. The van der Waals surface area contributed by atoms with Gasteiger partial charge in [0.05, 0.1) is 0 Å². The zero-order chi connectivity index (χ0) is 9.07. The highest BCUT2D eigenvalue weighted by Gasteiger charge is 1.89. The van der Waals surface area contributed by atoms with Gasteiger partial charge in [-0.15, -0.1) is 0 Å². The van der Waals surface area contributed by atoms with E-state index in [1.54, 1.807) is 0 Å². The summed E-state index contributed by atoms with van der Waals surface area (Å²) in [5.74, 6) is 0. The third-order valence-corrected chi connectivity index (χ3v) is 1.94. The maximum Gasteiger partial charge on any atom is 0.346 e.